The lowest BCUT2D eigenvalue weighted by molar-refractivity contribution is -0.136. The normalized spacial score (nSPS) is 28.8. The second kappa shape index (κ2) is 7.46. The highest BCUT2D eigenvalue weighted by atomic mass is 16.2. The van der Waals surface area contributed by atoms with E-state index in [9.17, 15) is 14.4 Å². The van der Waals surface area contributed by atoms with Crippen LogP contribution in [0, 0.1) is 0 Å². The molecule has 3 amide bonds. The summed E-state index contributed by atoms with van der Waals surface area (Å²) in [6, 6.07) is 5.56. The summed E-state index contributed by atoms with van der Waals surface area (Å²) < 4.78 is 0. The molecule has 30 heavy (non-hydrogen) atoms. The fraction of sp³-hybridized carbons (Fsp3) is 0.609. The van der Waals surface area contributed by atoms with Crippen LogP contribution in [0.25, 0.3) is 0 Å². The van der Waals surface area contributed by atoms with Gasteiger partial charge in [0.1, 0.15) is 6.04 Å². The Morgan fingerprint density at radius 1 is 1.13 bits per heavy atom. The highest BCUT2D eigenvalue weighted by Crippen LogP contribution is 2.42. The Hall–Kier alpha value is -2.25. The van der Waals surface area contributed by atoms with E-state index in [2.05, 4.69) is 16.3 Å². The van der Waals surface area contributed by atoms with Crippen LogP contribution < -0.4 is 11.1 Å². The van der Waals surface area contributed by atoms with Crippen LogP contribution in [0.1, 0.15) is 72.9 Å². The number of nitrogens with zero attached hydrogens (tertiary/aromatic N) is 2. The molecule has 1 saturated carbocycles. The van der Waals surface area contributed by atoms with Gasteiger partial charge >= 0.3 is 0 Å². The van der Waals surface area contributed by atoms with Crippen molar-refractivity contribution in [1.29, 1.82) is 0 Å². The standard InChI is InChI=1S/C23H30N4O3/c24-16-11-23(9-2-1-3-10-23)26(13-16)12-15-5-4-6-17-18(15)14-27(22(17)30)19-7-8-20(28)25-21(19)29/h4-6,16,19H,1-3,7-14,24H2,(H,25,28,29). The third-order valence-corrected chi connectivity index (χ3v) is 7.59. The average molecular weight is 411 g/mol. The number of benzene rings is 1. The molecule has 2 unspecified atom stereocenters. The summed E-state index contributed by atoms with van der Waals surface area (Å²) in [6.45, 7) is 2.13. The maximum absolute atomic E-state index is 13.1. The van der Waals surface area contributed by atoms with Gasteiger partial charge in [0.15, 0.2) is 0 Å². The number of hydrogen-bond acceptors (Lipinski definition) is 5. The first-order valence-corrected chi connectivity index (χ1v) is 11.2. The Balaban J connectivity index is 1.39. The first-order valence-electron chi connectivity index (χ1n) is 11.2. The lowest BCUT2D eigenvalue weighted by Gasteiger charge is -2.42. The number of piperidine rings is 1. The molecule has 1 aromatic rings. The van der Waals surface area contributed by atoms with Crippen LogP contribution in [0.5, 0.6) is 0 Å². The van der Waals surface area contributed by atoms with Crippen molar-refractivity contribution in [2.75, 3.05) is 6.54 Å². The smallest absolute Gasteiger partial charge is 0.255 e. The number of nitrogens with two attached hydrogens (primary N) is 1. The van der Waals surface area contributed by atoms with E-state index in [1.807, 2.05) is 12.1 Å². The minimum Gasteiger partial charge on any atom is -0.326 e. The van der Waals surface area contributed by atoms with E-state index in [1.54, 1.807) is 4.90 Å². The second-order valence-corrected chi connectivity index (χ2v) is 9.47. The topological polar surface area (TPSA) is 95.7 Å². The predicted molar refractivity (Wildman–Crippen MR) is 111 cm³/mol. The van der Waals surface area contributed by atoms with Crippen LogP contribution in [-0.4, -0.2) is 51.7 Å². The average Bonchev–Trinajstić information content (AvgIpc) is 3.20. The second-order valence-electron chi connectivity index (χ2n) is 9.47. The highest BCUT2D eigenvalue weighted by Gasteiger charge is 2.45. The van der Waals surface area contributed by atoms with E-state index in [4.69, 9.17) is 5.73 Å². The zero-order chi connectivity index (χ0) is 20.9. The van der Waals surface area contributed by atoms with Crippen molar-refractivity contribution in [1.82, 2.24) is 15.1 Å². The summed E-state index contributed by atoms with van der Waals surface area (Å²) in [4.78, 5) is 41.1. The van der Waals surface area contributed by atoms with Gasteiger partial charge in [-0.1, -0.05) is 31.4 Å². The van der Waals surface area contributed by atoms with Gasteiger partial charge in [-0.05, 0) is 42.9 Å². The zero-order valence-electron chi connectivity index (χ0n) is 17.4. The van der Waals surface area contributed by atoms with E-state index < -0.39 is 6.04 Å². The van der Waals surface area contributed by atoms with Gasteiger partial charge in [0.05, 0.1) is 0 Å². The Labute approximate surface area is 177 Å². The van der Waals surface area contributed by atoms with Crippen molar-refractivity contribution < 1.29 is 14.4 Å². The summed E-state index contributed by atoms with van der Waals surface area (Å²) in [6.07, 6.45) is 7.97. The molecule has 0 bridgehead atoms. The van der Waals surface area contributed by atoms with Gasteiger partial charge in [0.25, 0.3) is 5.91 Å². The fourth-order valence-electron chi connectivity index (χ4n) is 6.12. The maximum Gasteiger partial charge on any atom is 0.255 e. The van der Waals surface area contributed by atoms with Crippen LogP contribution >= 0.6 is 0 Å². The summed E-state index contributed by atoms with van der Waals surface area (Å²) in [5, 5.41) is 2.38. The van der Waals surface area contributed by atoms with Crippen molar-refractivity contribution >= 4 is 17.7 Å². The van der Waals surface area contributed by atoms with Crippen molar-refractivity contribution in [3.63, 3.8) is 0 Å². The quantitative estimate of drug-likeness (QED) is 0.740. The number of carbonyl (C=O) groups is 3. The molecule has 1 spiro atoms. The number of likely N-dealkylation sites (tertiary alicyclic amines) is 1. The molecule has 3 heterocycles. The van der Waals surface area contributed by atoms with Gasteiger partial charge in [0.2, 0.25) is 11.8 Å². The van der Waals surface area contributed by atoms with E-state index in [0.717, 1.165) is 30.6 Å². The van der Waals surface area contributed by atoms with Crippen LogP contribution in [0.15, 0.2) is 18.2 Å². The maximum atomic E-state index is 13.1. The molecule has 7 heteroatoms. The van der Waals surface area contributed by atoms with Crippen LogP contribution in [0.4, 0.5) is 0 Å². The molecule has 2 atom stereocenters. The van der Waals surface area contributed by atoms with Crippen LogP contribution in [-0.2, 0) is 22.7 Å². The van der Waals surface area contributed by atoms with E-state index in [-0.39, 0.29) is 35.7 Å². The van der Waals surface area contributed by atoms with E-state index >= 15 is 0 Å². The highest BCUT2D eigenvalue weighted by molar-refractivity contribution is 6.05. The summed E-state index contributed by atoms with van der Waals surface area (Å²) in [7, 11) is 0. The minimum absolute atomic E-state index is 0.105. The van der Waals surface area contributed by atoms with Gasteiger partial charge in [-0.3, -0.25) is 24.6 Å². The molecule has 2 saturated heterocycles. The third kappa shape index (κ3) is 3.24. The van der Waals surface area contributed by atoms with Gasteiger partial charge in [-0.2, -0.15) is 0 Å². The number of amides is 3. The van der Waals surface area contributed by atoms with Crippen molar-refractivity contribution in [3.05, 3.63) is 34.9 Å². The summed E-state index contributed by atoms with van der Waals surface area (Å²) >= 11 is 0. The number of fused-ring (bicyclic) bond motifs is 1. The zero-order valence-corrected chi connectivity index (χ0v) is 17.4. The van der Waals surface area contributed by atoms with Gasteiger partial charge < -0.3 is 10.6 Å². The number of rotatable bonds is 3. The summed E-state index contributed by atoms with van der Waals surface area (Å²) in [5.74, 6) is -0.725. The molecule has 3 aliphatic heterocycles. The lowest BCUT2D eigenvalue weighted by atomic mass is 9.79. The lowest BCUT2D eigenvalue weighted by Crippen LogP contribution is -2.52. The van der Waals surface area contributed by atoms with Gasteiger partial charge in [-0.15, -0.1) is 0 Å². The SMILES string of the molecule is NC1CN(Cc2cccc3c2CN(C2CCC(=O)NC2=O)C3=O)C2(CCCCC2)C1. The Morgan fingerprint density at radius 2 is 1.93 bits per heavy atom. The Kier molecular flexibility index (Phi) is 4.90. The van der Waals surface area contributed by atoms with Crippen LogP contribution in [0.3, 0.4) is 0 Å². The molecule has 3 fully saturated rings. The fourth-order valence-corrected chi connectivity index (χ4v) is 6.12. The Bertz CT molecular complexity index is 892. The van der Waals surface area contributed by atoms with Gasteiger partial charge in [-0.25, -0.2) is 0 Å². The monoisotopic (exact) mass is 410 g/mol. The molecule has 7 nitrogen and oxygen atoms in total. The van der Waals surface area contributed by atoms with E-state index in [0.29, 0.717) is 18.5 Å². The molecule has 3 N–H and O–H groups in total. The van der Waals surface area contributed by atoms with Crippen LogP contribution in [0.2, 0.25) is 0 Å². The number of carbonyl (C=O) groups excluding carboxylic acids is 3. The first-order chi connectivity index (χ1) is 14.5. The van der Waals surface area contributed by atoms with Crippen molar-refractivity contribution in [2.24, 2.45) is 5.73 Å². The van der Waals surface area contributed by atoms with Crippen molar-refractivity contribution in [3.8, 4) is 0 Å². The minimum atomic E-state index is -0.569. The molecule has 0 aromatic heterocycles. The summed E-state index contributed by atoms with van der Waals surface area (Å²) in [5.41, 5.74) is 9.47. The predicted octanol–water partition coefficient (Wildman–Crippen LogP) is 1.68. The first kappa shape index (κ1) is 19.7. The molecule has 1 aliphatic carbocycles. The number of hydrogen-bond donors (Lipinski definition) is 2. The molecular weight excluding hydrogens is 380 g/mol. The molecular formula is C23H30N4O3. The molecule has 160 valence electrons. The largest absolute Gasteiger partial charge is 0.326 e. The molecule has 0 radical (unpaired) electrons. The number of imide groups is 1. The molecule has 5 rings (SSSR count). The number of nitrogens with one attached hydrogen (secondary N) is 1. The Morgan fingerprint density at radius 3 is 2.70 bits per heavy atom. The van der Waals surface area contributed by atoms with Gasteiger partial charge in [0, 0.05) is 43.2 Å². The van der Waals surface area contributed by atoms with Crippen molar-refractivity contribution in [2.45, 2.75) is 82.1 Å². The van der Waals surface area contributed by atoms with E-state index in [1.165, 1.54) is 32.1 Å². The third-order valence-electron chi connectivity index (χ3n) is 7.59. The molecule has 4 aliphatic rings. The molecule has 1 aromatic carbocycles.